The largest absolute Gasteiger partial charge is 0.356 e. The van der Waals surface area contributed by atoms with Crippen LogP contribution in [0.25, 0.3) is 22.2 Å². The Balaban J connectivity index is 2.19. The summed E-state index contributed by atoms with van der Waals surface area (Å²) in [6, 6.07) is 15.2. The van der Waals surface area contributed by atoms with Gasteiger partial charge in [-0.15, -0.1) is 0 Å². The van der Waals surface area contributed by atoms with Crippen molar-refractivity contribution >= 4 is 22.6 Å². The summed E-state index contributed by atoms with van der Waals surface area (Å²) in [6.45, 7) is 1.48. The summed E-state index contributed by atoms with van der Waals surface area (Å²) in [4.78, 5) is 11.2. The number of carbonyl (C=O) groups is 1. The normalized spacial score (nSPS) is 10.6. The molecule has 1 N–H and O–H groups in total. The number of benzene rings is 2. The van der Waals surface area contributed by atoms with Gasteiger partial charge in [-0.05, 0) is 18.2 Å². The number of amides is 1. The second-order valence-electron chi connectivity index (χ2n) is 4.25. The lowest BCUT2D eigenvalue weighted by atomic mass is 10.1. The molecule has 3 rings (SSSR count). The second kappa shape index (κ2) is 4.57. The van der Waals surface area contributed by atoms with Gasteiger partial charge in [-0.2, -0.15) is 0 Å². The summed E-state index contributed by atoms with van der Waals surface area (Å²) in [7, 11) is 0. The van der Waals surface area contributed by atoms with Crippen LogP contribution < -0.4 is 5.32 Å². The van der Waals surface area contributed by atoms with Crippen molar-refractivity contribution in [2.45, 2.75) is 6.92 Å². The maximum Gasteiger partial charge on any atom is 0.221 e. The molecule has 1 heterocycles. The molecular formula is C15H12N2O2. The van der Waals surface area contributed by atoms with Crippen molar-refractivity contribution in [3.63, 3.8) is 0 Å². The Bertz CT molecular complexity index is 746. The first-order valence-corrected chi connectivity index (χ1v) is 5.97. The molecule has 0 unspecified atom stereocenters. The SMILES string of the molecule is CC(=O)Nc1ccccc1-c1noc2ccccc12. The highest BCUT2D eigenvalue weighted by molar-refractivity contribution is 5.99. The molecule has 0 spiro atoms. The first-order valence-electron chi connectivity index (χ1n) is 5.97. The van der Waals surface area contributed by atoms with Crippen LogP contribution >= 0.6 is 0 Å². The standard InChI is InChI=1S/C15H12N2O2/c1-10(18)16-13-8-4-2-6-11(13)15-12-7-3-5-9-14(12)19-17-15/h2-9H,1H3,(H,16,18). The van der Waals surface area contributed by atoms with Gasteiger partial charge in [0.25, 0.3) is 0 Å². The number of fused-ring (bicyclic) bond motifs is 1. The minimum absolute atomic E-state index is 0.111. The summed E-state index contributed by atoms with van der Waals surface area (Å²) in [5.41, 5.74) is 3.05. The lowest BCUT2D eigenvalue weighted by Crippen LogP contribution is -2.06. The van der Waals surface area contributed by atoms with E-state index in [1.165, 1.54) is 6.92 Å². The average molecular weight is 252 g/mol. The number of anilines is 1. The van der Waals surface area contributed by atoms with Crippen LogP contribution in [-0.2, 0) is 4.79 Å². The molecule has 1 amide bonds. The number of para-hydroxylation sites is 2. The van der Waals surface area contributed by atoms with Crippen molar-refractivity contribution in [3.8, 4) is 11.3 Å². The van der Waals surface area contributed by atoms with E-state index in [-0.39, 0.29) is 5.91 Å². The van der Waals surface area contributed by atoms with Gasteiger partial charge in [0.15, 0.2) is 5.58 Å². The molecule has 0 fully saturated rings. The zero-order valence-corrected chi connectivity index (χ0v) is 10.4. The van der Waals surface area contributed by atoms with Gasteiger partial charge in [-0.25, -0.2) is 0 Å². The highest BCUT2D eigenvalue weighted by atomic mass is 16.5. The fourth-order valence-electron chi connectivity index (χ4n) is 2.07. The van der Waals surface area contributed by atoms with Crippen molar-refractivity contribution in [1.29, 1.82) is 0 Å². The van der Waals surface area contributed by atoms with E-state index >= 15 is 0 Å². The fourth-order valence-corrected chi connectivity index (χ4v) is 2.07. The van der Waals surface area contributed by atoms with Gasteiger partial charge >= 0.3 is 0 Å². The topological polar surface area (TPSA) is 55.1 Å². The highest BCUT2D eigenvalue weighted by Gasteiger charge is 2.13. The zero-order valence-electron chi connectivity index (χ0n) is 10.4. The third-order valence-corrected chi connectivity index (χ3v) is 2.87. The van der Waals surface area contributed by atoms with Gasteiger partial charge in [0.2, 0.25) is 5.91 Å². The predicted molar refractivity (Wildman–Crippen MR) is 73.7 cm³/mol. The summed E-state index contributed by atoms with van der Waals surface area (Å²) in [6.07, 6.45) is 0. The van der Waals surface area contributed by atoms with E-state index in [9.17, 15) is 4.79 Å². The molecule has 2 aromatic carbocycles. The molecule has 4 nitrogen and oxygen atoms in total. The number of carbonyl (C=O) groups excluding carboxylic acids is 1. The van der Waals surface area contributed by atoms with Crippen molar-refractivity contribution in [2.24, 2.45) is 0 Å². The van der Waals surface area contributed by atoms with Crippen LogP contribution in [0.1, 0.15) is 6.92 Å². The van der Waals surface area contributed by atoms with E-state index in [0.717, 1.165) is 27.9 Å². The highest BCUT2D eigenvalue weighted by Crippen LogP contribution is 2.32. The molecule has 3 aromatic rings. The van der Waals surface area contributed by atoms with Crippen LogP contribution in [-0.4, -0.2) is 11.1 Å². The summed E-state index contributed by atoms with van der Waals surface area (Å²) in [5, 5.41) is 7.84. The van der Waals surface area contributed by atoms with Gasteiger partial charge in [0, 0.05) is 17.9 Å². The van der Waals surface area contributed by atoms with Crippen molar-refractivity contribution in [2.75, 3.05) is 5.32 Å². The van der Waals surface area contributed by atoms with Gasteiger partial charge in [-0.1, -0.05) is 35.5 Å². The molecule has 0 aliphatic rings. The van der Waals surface area contributed by atoms with E-state index in [2.05, 4.69) is 10.5 Å². The summed E-state index contributed by atoms with van der Waals surface area (Å²) < 4.78 is 5.30. The van der Waals surface area contributed by atoms with E-state index < -0.39 is 0 Å². The molecule has 4 heteroatoms. The van der Waals surface area contributed by atoms with Crippen molar-refractivity contribution < 1.29 is 9.32 Å². The number of hydrogen-bond acceptors (Lipinski definition) is 3. The smallest absolute Gasteiger partial charge is 0.221 e. The number of nitrogens with one attached hydrogen (secondary N) is 1. The van der Waals surface area contributed by atoms with Crippen LogP contribution in [0.15, 0.2) is 53.1 Å². The Morgan fingerprint density at radius 2 is 1.84 bits per heavy atom. The van der Waals surface area contributed by atoms with E-state index in [1.807, 2.05) is 48.5 Å². The average Bonchev–Trinajstić information content (AvgIpc) is 2.82. The van der Waals surface area contributed by atoms with Gasteiger partial charge < -0.3 is 9.84 Å². The number of aromatic nitrogens is 1. The Morgan fingerprint density at radius 3 is 2.68 bits per heavy atom. The van der Waals surface area contributed by atoms with Gasteiger partial charge in [-0.3, -0.25) is 4.79 Å². The van der Waals surface area contributed by atoms with Crippen LogP contribution in [0, 0.1) is 0 Å². The molecular weight excluding hydrogens is 240 g/mol. The minimum Gasteiger partial charge on any atom is -0.356 e. The molecule has 0 atom stereocenters. The Morgan fingerprint density at radius 1 is 1.11 bits per heavy atom. The third-order valence-electron chi connectivity index (χ3n) is 2.87. The van der Waals surface area contributed by atoms with Gasteiger partial charge in [0.1, 0.15) is 5.69 Å². The molecule has 0 saturated carbocycles. The molecule has 94 valence electrons. The third kappa shape index (κ3) is 2.08. The van der Waals surface area contributed by atoms with Crippen LogP contribution in [0.4, 0.5) is 5.69 Å². The van der Waals surface area contributed by atoms with Crippen molar-refractivity contribution in [3.05, 3.63) is 48.5 Å². The van der Waals surface area contributed by atoms with Crippen LogP contribution in [0.5, 0.6) is 0 Å². The molecule has 0 aliphatic heterocycles. The summed E-state index contributed by atoms with van der Waals surface area (Å²) >= 11 is 0. The Hall–Kier alpha value is -2.62. The maximum absolute atomic E-state index is 11.2. The molecule has 19 heavy (non-hydrogen) atoms. The first kappa shape index (κ1) is 11.5. The zero-order chi connectivity index (χ0) is 13.2. The Kier molecular flexibility index (Phi) is 2.76. The maximum atomic E-state index is 11.2. The van der Waals surface area contributed by atoms with Crippen molar-refractivity contribution in [1.82, 2.24) is 5.16 Å². The second-order valence-corrected chi connectivity index (χ2v) is 4.25. The Labute approximate surface area is 110 Å². The number of hydrogen-bond donors (Lipinski definition) is 1. The molecule has 0 radical (unpaired) electrons. The molecule has 0 aliphatic carbocycles. The fraction of sp³-hybridized carbons (Fsp3) is 0.0667. The van der Waals surface area contributed by atoms with Crippen LogP contribution in [0.2, 0.25) is 0 Å². The van der Waals surface area contributed by atoms with Crippen LogP contribution in [0.3, 0.4) is 0 Å². The lowest BCUT2D eigenvalue weighted by Gasteiger charge is -2.07. The van der Waals surface area contributed by atoms with E-state index in [0.29, 0.717) is 0 Å². The predicted octanol–water partition coefficient (Wildman–Crippen LogP) is 3.45. The quantitative estimate of drug-likeness (QED) is 0.760. The van der Waals surface area contributed by atoms with E-state index in [1.54, 1.807) is 0 Å². The number of nitrogens with zero attached hydrogens (tertiary/aromatic N) is 1. The van der Waals surface area contributed by atoms with Gasteiger partial charge in [0.05, 0.1) is 5.69 Å². The van der Waals surface area contributed by atoms with E-state index in [4.69, 9.17) is 4.52 Å². The summed E-state index contributed by atoms with van der Waals surface area (Å²) in [5.74, 6) is -0.111. The minimum atomic E-state index is -0.111. The monoisotopic (exact) mass is 252 g/mol. The molecule has 0 saturated heterocycles. The lowest BCUT2D eigenvalue weighted by molar-refractivity contribution is -0.114. The number of rotatable bonds is 2. The molecule has 1 aromatic heterocycles. The molecule has 0 bridgehead atoms. The first-order chi connectivity index (χ1) is 9.25.